The van der Waals surface area contributed by atoms with Gasteiger partial charge in [-0.2, -0.15) is 0 Å². The van der Waals surface area contributed by atoms with E-state index in [9.17, 15) is 0 Å². The van der Waals surface area contributed by atoms with Gasteiger partial charge in [0.05, 0.1) is 0 Å². The van der Waals surface area contributed by atoms with E-state index in [-0.39, 0.29) is 0 Å². The van der Waals surface area contributed by atoms with E-state index in [1.165, 1.54) is 64.6 Å². The fourth-order valence-electron chi connectivity index (χ4n) is 4.44. The zero-order valence-corrected chi connectivity index (χ0v) is 13.4. The molecule has 0 aromatic carbocycles. The van der Waals surface area contributed by atoms with Crippen LogP contribution in [-0.4, -0.2) is 37.1 Å². The molecule has 1 aliphatic heterocycles. The first-order valence-corrected chi connectivity index (χ1v) is 8.63. The van der Waals surface area contributed by atoms with Crippen LogP contribution in [0, 0.1) is 11.3 Å². The Morgan fingerprint density at radius 2 is 1.95 bits per heavy atom. The molecular weight excluding hydrogens is 232 g/mol. The number of likely N-dealkylation sites (tertiary alicyclic amines) is 1. The van der Waals surface area contributed by atoms with Gasteiger partial charge < -0.3 is 5.32 Å². The van der Waals surface area contributed by atoms with E-state index in [0.29, 0.717) is 5.41 Å². The summed E-state index contributed by atoms with van der Waals surface area (Å²) in [5.41, 5.74) is 0.469. The van der Waals surface area contributed by atoms with Crippen LogP contribution in [0.4, 0.5) is 0 Å². The van der Waals surface area contributed by atoms with Crippen molar-refractivity contribution in [3.8, 4) is 0 Å². The smallest absolute Gasteiger partial charge is 0.0124 e. The van der Waals surface area contributed by atoms with Crippen molar-refractivity contribution in [3.63, 3.8) is 0 Å². The summed E-state index contributed by atoms with van der Waals surface area (Å²) in [6.07, 6.45) is 10.0. The minimum atomic E-state index is 0.469. The molecule has 1 saturated heterocycles. The molecule has 112 valence electrons. The average Bonchev–Trinajstić information content (AvgIpc) is 2.80. The fraction of sp³-hybridized carbons (Fsp3) is 1.00. The van der Waals surface area contributed by atoms with Crippen molar-refractivity contribution in [2.24, 2.45) is 11.3 Å². The Morgan fingerprint density at radius 1 is 1.16 bits per heavy atom. The lowest BCUT2D eigenvalue weighted by Gasteiger charge is -2.39. The molecule has 2 heteroatoms. The van der Waals surface area contributed by atoms with Crippen molar-refractivity contribution in [2.45, 2.75) is 71.8 Å². The Bertz CT molecular complexity index is 266. The number of rotatable bonds is 7. The van der Waals surface area contributed by atoms with Crippen molar-refractivity contribution < 1.29 is 0 Å². The summed E-state index contributed by atoms with van der Waals surface area (Å²) in [5, 5.41) is 3.59. The Labute approximate surface area is 120 Å². The largest absolute Gasteiger partial charge is 0.316 e. The molecule has 19 heavy (non-hydrogen) atoms. The van der Waals surface area contributed by atoms with Gasteiger partial charge in [-0.05, 0) is 50.1 Å². The predicted molar refractivity (Wildman–Crippen MR) is 83.5 cm³/mol. The Hall–Kier alpha value is -0.0800. The summed E-state index contributed by atoms with van der Waals surface area (Å²) in [5.74, 6) is 1.03. The second-order valence-electron chi connectivity index (χ2n) is 7.21. The summed E-state index contributed by atoms with van der Waals surface area (Å²) in [6, 6.07) is 0.923. The van der Waals surface area contributed by atoms with Gasteiger partial charge in [0.15, 0.2) is 0 Å². The summed E-state index contributed by atoms with van der Waals surface area (Å²) < 4.78 is 0. The Morgan fingerprint density at radius 3 is 2.68 bits per heavy atom. The molecule has 1 N–H and O–H groups in total. The number of nitrogens with zero attached hydrogens (tertiary/aromatic N) is 1. The van der Waals surface area contributed by atoms with Gasteiger partial charge in [-0.3, -0.25) is 4.90 Å². The lowest BCUT2D eigenvalue weighted by Crippen LogP contribution is -2.45. The third-order valence-corrected chi connectivity index (χ3v) is 5.37. The summed E-state index contributed by atoms with van der Waals surface area (Å²) in [4.78, 5) is 2.84. The highest BCUT2D eigenvalue weighted by Crippen LogP contribution is 2.38. The van der Waals surface area contributed by atoms with Gasteiger partial charge in [-0.15, -0.1) is 0 Å². The van der Waals surface area contributed by atoms with Crippen molar-refractivity contribution >= 4 is 0 Å². The van der Waals surface area contributed by atoms with Crippen LogP contribution >= 0.6 is 0 Å². The molecule has 0 bridgehead atoms. The minimum absolute atomic E-state index is 0.469. The average molecular weight is 266 g/mol. The van der Waals surface area contributed by atoms with Gasteiger partial charge in [0.2, 0.25) is 0 Å². The van der Waals surface area contributed by atoms with Crippen LogP contribution in [-0.2, 0) is 0 Å². The highest BCUT2D eigenvalue weighted by Gasteiger charge is 2.38. The molecule has 1 saturated carbocycles. The Balaban J connectivity index is 1.92. The van der Waals surface area contributed by atoms with E-state index in [4.69, 9.17) is 0 Å². The summed E-state index contributed by atoms with van der Waals surface area (Å²) in [6.45, 7) is 12.0. The molecule has 0 amide bonds. The molecule has 0 radical (unpaired) electrons. The molecule has 0 spiro atoms. The first kappa shape index (κ1) is 15.3. The summed E-state index contributed by atoms with van der Waals surface area (Å²) in [7, 11) is 0. The van der Waals surface area contributed by atoms with Crippen molar-refractivity contribution in [3.05, 3.63) is 0 Å². The lowest BCUT2D eigenvalue weighted by molar-refractivity contribution is 0.111. The number of nitrogens with one attached hydrogen (secondary N) is 1. The SMILES string of the molecule is CCCC(C)(CNCC)CN1CCC2CCCCC21. The van der Waals surface area contributed by atoms with Gasteiger partial charge in [-0.25, -0.2) is 0 Å². The van der Waals surface area contributed by atoms with Gasteiger partial charge in [-0.1, -0.05) is 40.0 Å². The second-order valence-corrected chi connectivity index (χ2v) is 7.21. The highest BCUT2D eigenvalue weighted by molar-refractivity contribution is 4.93. The van der Waals surface area contributed by atoms with E-state index >= 15 is 0 Å². The quantitative estimate of drug-likeness (QED) is 0.756. The van der Waals surface area contributed by atoms with Crippen LogP contribution in [0.5, 0.6) is 0 Å². The van der Waals surface area contributed by atoms with Crippen LogP contribution in [0.25, 0.3) is 0 Å². The van der Waals surface area contributed by atoms with Crippen molar-refractivity contribution in [1.82, 2.24) is 10.2 Å². The minimum Gasteiger partial charge on any atom is -0.316 e. The highest BCUT2D eigenvalue weighted by atomic mass is 15.2. The molecule has 0 aromatic rings. The molecule has 2 rings (SSSR count). The molecule has 2 nitrogen and oxygen atoms in total. The van der Waals surface area contributed by atoms with Crippen molar-refractivity contribution in [2.75, 3.05) is 26.2 Å². The van der Waals surface area contributed by atoms with Gasteiger partial charge in [0.1, 0.15) is 0 Å². The predicted octanol–water partition coefficient (Wildman–Crippen LogP) is 3.67. The first-order valence-electron chi connectivity index (χ1n) is 8.63. The monoisotopic (exact) mass is 266 g/mol. The lowest BCUT2D eigenvalue weighted by atomic mass is 9.82. The molecule has 1 aliphatic carbocycles. The normalized spacial score (nSPS) is 31.1. The van der Waals surface area contributed by atoms with Crippen LogP contribution in [0.2, 0.25) is 0 Å². The van der Waals surface area contributed by atoms with E-state index in [1.54, 1.807) is 0 Å². The maximum atomic E-state index is 3.59. The Kier molecular flexibility index (Phi) is 5.70. The van der Waals surface area contributed by atoms with Crippen LogP contribution in [0.1, 0.15) is 65.7 Å². The van der Waals surface area contributed by atoms with Crippen LogP contribution in [0.3, 0.4) is 0 Å². The number of hydrogen-bond donors (Lipinski definition) is 1. The fourth-order valence-corrected chi connectivity index (χ4v) is 4.44. The zero-order chi connectivity index (χ0) is 13.7. The third-order valence-electron chi connectivity index (χ3n) is 5.37. The molecule has 3 unspecified atom stereocenters. The summed E-state index contributed by atoms with van der Waals surface area (Å²) >= 11 is 0. The molecule has 1 heterocycles. The molecule has 2 fully saturated rings. The van der Waals surface area contributed by atoms with E-state index in [2.05, 4.69) is 31.0 Å². The maximum Gasteiger partial charge on any atom is 0.0124 e. The molecule has 2 aliphatic rings. The van der Waals surface area contributed by atoms with E-state index < -0.39 is 0 Å². The topological polar surface area (TPSA) is 15.3 Å². The zero-order valence-electron chi connectivity index (χ0n) is 13.4. The van der Waals surface area contributed by atoms with E-state index in [0.717, 1.165) is 18.5 Å². The number of hydrogen-bond acceptors (Lipinski definition) is 2. The molecule has 0 aromatic heterocycles. The molecule has 3 atom stereocenters. The first-order chi connectivity index (χ1) is 9.18. The van der Waals surface area contributed by atoms with Crippen LogP contribution < -0.4 is 5.32 Å². The van der Waals surface area contributed by atoms with Crippen LogP contribution in [0.15, 0.2) is 0 Å². The second kappa shape index (κ2) is 7.08. The molecular formula is C17H34N2. The standard InChI is InChI=1S/C17H34N2/c1-4-11-17(3,13-18-5-2)14-19-12-10-15-8-6-7-9-16(15)19/h15-16,18H,4-14H2,1-3H3. The van der Waals surface area contributed by atoms with E-state index in [1.807, 2.05) is 0 Å². The number of fused-ring (bicyclic) bond motifs is 1. The van der Waals surface area contributed by atoms with Gasteiger partial charge >= 0.3 is 0 Å². The maximum absolute atomic E-state index is 3.59. The van der Waals surface area contributed by atoms with Crippen molar-refractivity contribution in [1.29, 1.82) is 0 Å². The van der Waals surface area contributed by atoms with Gasteiger partial charge in [0, 0.05) is 19.1 Å². The third kappa shape index (κ3) is 3.95. The van der Waals surface area contributed by atoms with Gasteiger partial charge in [0.25, 0.3) is 0 Å².